The lowest BCUT2D eigenvalue weighted by atomic mass is 9.82. The van der Waals surface area contributed by atoms with E-state index in [-0.39, 0.29) is 17.4 Å². The highest BCUT2D eigenvalue weighted by atomic mass is 16.2. The van der Waals surface area contributed by atoms with Gasteiger partial charge in [-0.05, 0) is 17.8 Å². The fourth-order valence-corrected chi connectivity index (χ4v) is 1.88. The molecule has 2 atom stereocenters. The van der Waals surface area contributed by atoms with Gasteiger partial charge in [0.15, 0.2) is 0 Å². The van der Waals surface area contributed by atoms with E-state index < -0.39 is 0 Å². The number of amides is 1. The van der Waals surface area contributed by atoms with E-state index in [1.807, 2.05) is 4.90 Å². The molecule has 2 unspecified atom stereocenters. The molecule has 0 radical (unpaired) electrons. The first-order chi connectivity index (χ1) is 7.36. The van der Waals surface area contributed by atoms with Crippen molar-refractivity contribution in [3.8, 4) is 0 Å². The second-order valence-corrected chi connectivity index (χ2v) is 6.03. The SMILES string of the molecule is CCCC1NCN(CC(C)C(C)(C)C)C1=O. The van der Waals surface area contributed by atoms with Crippen LogP contribution in [-0.2, 0) is 4.79 Å². The van der Waals surface area contributed by atoms with Gasteiger partial charge < -0.3 is 4.90 Å². The maximum absolute atomic E-state index is 12.0. The van der Waals surface area contributed by atoms with Crippen LogP contribution in [0.15, 0.2) is 0 Å². The summed E-state index contributed by atoms with van der Waals surface area (Å²) >= 11 is 0. The minimum atomic E-state index is 0.0668. The van der Waals surface area contributed by atoms with E-state index in [9.17, 15) is 4.79 Å². The first kappa shape index (κ1) is 13.5. The van der Waals surface area contributed by atoms with Crippen LogP contribution in [0.5, 0.6) is 0 Å². The zero-order chi connectivity index (χ0) is 12.3. The average Bonchev–Trinajstić information content (AvgIpc) is 2.49. The van der Waals surface area contributed by atoms with Crippen LogP contribution in [0.25, 0.3) is 0 Å². The molecule has 16 heavy (non-hydrogen) atoms. The monoisotopic (exact) mass is 226 g/mol. The van der Waals surface area contributed by atoms with Gasteiger partial charge in [-0.15, -0.1) is 0 Å². The van der Waals surface area contributed by atoms with Crippen LogP contribution in [0.2, 0.25) is 0 Å². The van der Waals surface area contributed by atoms with Crippen LogP contribution < -0.4 is 5.32 Å². The Bertz CT molecular complexity index is 245. The first-order valence-electron chi connectivity index (χ1n) is 6.38. The molecule has 3 nitrogen and oxygen atoms in total. The summed E-state index contributed by atoms with van der Waals surface area (Å²) in [7, 11) is 0. The number of carbonyl (C=O) groups excluding carboxylic acids is 1. The summed E-state index contributed by atoms with van der Waals surface area (Å²) in [4.78, 5) is 14.0. The molecule has 1 heterocycles. The standard InChI is InChI=1S/C13H26N2O/c1-6-7-11-12(16)15(9-14-11)8-10(2)13(3,4)5/h10-11,14H,6-9H2,1-5H3. The third-order valence-corrected chi connectivity index (χ3v) is 3.69. The number of rotatable bonds is 4. The van der Waals surface area contributed by atoms with Crippen LogP contribution in [0.4, 0.5) is 0 Å². The molecular weight excluding hydrogens is 200 g/mol. The summed E-state index contributed by atoms with van der Waals surface area (Å²) in [6, 6.07) is 0.0668. The minimum Gasteiger partial charge on any atom is -0.328 e. The molecule has 0 saturated carbocycles. The Labute approximate surface area is 99.6 Å². The van der Waals surface area contributed by atoms with Crippen molar-refractivity contribution in [2.75, 3.05) is 13.2 Å². The molecule has 1 amide bonds. The number of nitrogens with zero attached hydrogens (tertiary/aromatic N) is 1. The van der Waals surface area contributed by atoms with Crippen molar-refractivity contribution >= 4 is 5.91 Å². The highest BCUT2D eigenvalue weighted by Crippen LogP contribution is 2.26. The van der Waals surface area contributed by atoms with Gasteiger partial charge in [-0.2, -0.15) is 0 Å². The van der Waals surface area contributed by atoms with E-state index in [2.05, 4.69) is 39.9 Å². The van der Waals surface area contributed by atoms with E-state index >= 15 is 0 Å². The summed E-state index contributed by atoms with van der Waals surface area (Å²) in [6.45, 7) is 12.6. The lowest BCUT2D eigenvalue weighted by molar-refractivity contribution is -0.129. The predicted molar refractivity (Wildman–Crippen MR) is 67.0 cm³/mol. The molecule has 1 aliphatic heterocycles. The molecule has 0 aromatic heterocycles. The van der Waals surface area contributed by atoms with Gasteiger partial charge in [-0.3, -0.25) is 10.1 Å². The summed E-state index contributed by atoms with van der Waals surface area (Å²) in [5.74, 6) is 0.816. The molecule has 1 N–H and O–H groups in total. The number of hydrogen-bond acceptors (Lipinski definition) is 2. The zero-order valence-corrected chi connectivity index (χ0v) is 11.3. The topological polar surface area (TPSA) is 32.3 Å². The van der Waals surface area contributed by atoms with Crippen molar-refractivity contribution < 1.29 is 4.79 Å². The van der Waals surface area contributed by atoms with Crippen molar-refractivity contribution in [2.24, 2.45) is 11.3 Å². The number of nitrogens with one attached hydrogen (secondary N) is 1. The third kappa shape index (κ3) is 3.21. The highest BCUT2D eigenvalue weighted by Gasteiger charge is 2.32. The van der Waals surface area contributed by atoms with Crippen molar-refractivity contribution in [3.05, 3.63) is 0 Å². The summed E-state index contributed by atoms with van der Waals surface area (Å²) < 4.78 is 0. The Kier molecular flexibility index (Phi) is 4.36. The fraction of sp³-hybridized carbons (Fsp3) is 0.923. The Morgan fingerprint density at radius 2 is 2.12 bits per heavy atom. The second kappa shape index (κ2) is 5.17. The van der Waals surface area contributed by atoms with E-state index in [4.69, 9.17) is 0 Å². The molecule has 3 heteroatoms. The summed E-state index contributed by atoms with van der Waals surface area (Å²) in [6.07, 6.45) is 2.02. The smallest absolute Gasteiger partial charge is 0.240 e. The molecule has 1 aliphatic rings. The molecule has 1 saturated heterocycles. The Morgan fingerprint density at radius 1 is 1.50 bits per heavy atom. The molecule has 1 fully saturated rings. The van der Waals surface area contributed by atoms with Crippen LogP contribution in [0.3, 0.4) is 0 Å². The van der Waals surface area contributed by atoms with E-state index in [1.54, 1.807) is 0 Å². The minimum absolute atomic E-state index is 0.0668. The van der Waals surface area contributed by atoms with Gasteiger partial charge in [0.2, 0.25) is 5.91 Å². The lowest BCUT2D eigenvalue weighted by Gasteiger charge is -2.30. The van der Waals surface area contributed by atoms with Gasteiger partial charge in [0.1, 0.15) is 0 Å². The largest absolute Gasteiger partial charge is 0.328 e. The molecule has 0 spiro atoms. The van der Waals surface area contributed by atoms with Gasteiger partial charge in [0.25, 0.3) is 0 Å². The predicted octanol–water partition coefficient (Wildman–Crippen LogP) is 2.23. The molecule has 0 aromatic carbocycles. The maximum atomic E-state index is 12.0. The van der Waals surface area contributed by atoms with Crippen LogP contribution >= 0.6 is 0 Å². The normalized spacial score (nSPS) is 23.9. The molecule has 0 bridgehead atoms. The van der Waals surface area contributed by atoms with Gasteiger partial charge in [-0.25, -0.2) is 0 Å². The Balaban J connectivity index is 2.49. The molecule has 1 rings (SSSR count). The van der Waals surface area contributed by atoms with Crippen LogP contribution in [-0.4, -0.2) is 30.1 Å². The third-order valence-electron chi connectivity index (χ3n) is 3.69. The average molecular weight is 226 g/mol. The van der Waals surface area contributed by atoms with Crippen LogP contribution in [0, 0.1) is 11.3 Å². The van der Waals surface area contributed by atoms with E-state index in [0.29, 0.717) is 5.92 Å². The number of carbonyl (C=O) groups is 1. The highest BCUT2D eigenvalue weighted by molar-refractivity contribution is 5.83. The lowest BCUT2D eigenvalue weighted by Crippen LogP contribution is -2.36. The second-order valence-electron chi connectivity index (χ2n) is 6.03. The van der Waals surface area contributed by atoms with Gasteiger partial charge in [0, 0.05) is 6.54 Å². The molecule has 0 aliphatic carbocycles. The maximum Gasteiger partial charge on any atom is 0.240 e. The Morgan fingerprint density at radius 3 is 2.62 bits per heavy atom. The van der Waals surface area contributed by atoms with Crippen molar-refractivity contribution in [1.82, 2.24) is 10.2 Å². The number of hydrogen-bond donors (Lipinski definition) is 1. The summed E-state index contributed by atoms with van der Waals surface area (Å²) in [5.41, 5.74) is 0.267. The van der Waals surface area contributed by atoms with Crippen molar-refractivity contribution in [1.29, 1.82) is 0 Å². The molecule has 94 valence electrons. The van der Waals surface area contributed by atoms with Crippen molar-refractivity contribution in [3.63, 3.8) is 0 Å². The quantitative estimate of drug-likeness (QED) is 0.797. The molecular formula is C13H26N2O. The van der Waals surface area contributed by atoms with Gasteiger partial charge in [0.05, 0.1) is 12.7 Å². The summed E-state index contributed by atoms with van der Waals surface area (Å²) in [5, 5.41) is 3.29. The molecule has 0 aromatic rings. The fourth-order valence-electron chi connectivity index (χ4n) is 1.88. The zero-order valence-electron chi connectivity index (χ0n) is 11.3. The van der Waals surface area contributed by atoms with Crippen LogP contribution in [0.1, 0.15) is 47.5 Å². The van der Waals surface area contributed by atoms with Crippen molar-refractivity contribution in [2.45, 2.75) is 53.5 Å². The van der Waals surface area contributed by atoms with Gasteiger partial charge in [-0.1, -0.05) is 41.0 Å². The van der Waals surface area contributed by atoms with E-state index in [0.717, 1.165) is 26.1 Å². The Hall–Kier alpha value is -0.570. The van der Waals surface area contributed by atoms with Gasteiger partial charge >= 0.3 is 0 Å². The first-order valence-corrected chi connectivity index (χ1v) is 6.38. The van der Waals surface area contributed by atoms with E-state index in [1.165, 1.54) is 0 Å².